The number of quaternary nitrogens is 1. The van der Waals surface area contributed by atoms with Crippen molar-refractivity contribution in [2.75, 3.05) is 13.6 Å². The van der Waals surface area contributed by atoms with Gasteiger partial charge in [-0.2, -0.15) is 0 Å². The fraction of sp³-hybridized carbons (Fsp3) is 0.818. The second-order valence-corrected chi connectivity index (χ2v) is 4.72. The normalized spacial score (nSPS) is 45.4. The summed E-state index contributed by atoms with van der Waals surface area (Å²) in [6, 6.07) is 1.23. The van der Waals surface area contributed by atoms with Gasteiger partial charge in [-0.15, -0.1) is 6.42 Å². The van der Waals surface area contributed by atoms with E-state index in [1.54, 1.807) is 0 Å². The van der Waals surface area contributed by atoms with Gasteiger partial charge < -0.3 is 26.6 Å². The van der Waals surface area contributed by atoms with Gasteiger partial charge in [0.15, 0.2) is 0 Å². The van der Waals surface area contributed by atoms with Crippen LogP contribution in [-0.4, -0.2) is 41.4 Å². The monoisotopic (exact) mass is 259 g/mol. The molecule has 0 spiro atoms. The van der Waals surface area contributed by atoms with Gasteiger partial charge in [0, 0.05) is 25.7 Å². The molecule has 0 aromatic carbocycles. The van der Waals surface area contributed by atoms with Crippen molar-refractivity contribution < 1.29 is 26.6 Å². The lowest BCUT2D eigenvalue weighted by molar-refractivity contribution is -0.943. The average molecular weight is 260 g/mol. The Labute approximate surface area is 96.7 Å². The first-order chi connectivity index (χ1) is 6.16. The van der Waals surface area contributed by atoms with Crippen LogP contribution in [0.4, 0.5) is 0 Å². The number of fused-ring (bicyclic) bond motifs is 2. The maximum atomic E-state index is 9.63. The molecule has 0 aliphatic carbocycles. The molecule has 2 bridgehead atoms. The molecule has 2 saturated heterocycles. The van der Waals surface area contributed by atoms with Crippen LogP contribution in [0.3, 0.4) is 0 Å². The van der Waals surface area contributed by atoms with E-state index in [1.807, 2.05) is 0 Å². The van der Waals surface area contributed by atoms with Crippen LogP contribution in [0.5, 0.6) is 0 Å². The number of rotatable bonds is 1. The molecule has 2 unspecified atom stereocenters. The molecule has 80 valence electrons. The zero-order chi connectivity index (χ0) is 9.47. The van der Waals surface area contributed by atoms with Crippen LogP contribution >= 0.6 is 0 Å². The van der Waals surface area contributed by atoms with Crippen LogP contribution < -0.4 is 17.0 Å². The lowest BCUT2D eigenvalue weighted by Gasteiger charge is -2.44. The van der Waals surface area contributed by atoms with E-state index in [0.717, 1.165) is 23.9 Å². The molecule has 2 aliphatic heterocycles. The molecule has 14 heavy (non-hydrogen) atoms. The van der Waals surface area contributed by atoms with Crippen LogP contribution in [0.15, 0.2) is 0 Å². The molecular formula is C11H18BrNO. The fourth-order valence-electron chi connectivity index (χ4n) is 3.17. The molecule has 2 nitrogen and oxygen atoms in total. The number of aliphatic hydroxyl groups excluding tert-OH is 1. The third kappa shape index (κ3) is 1.71. The molecule has 0 radical (unpaired) electrons. The van der Waals surface area contributed by atoms with Crippen molar-refractivity contribution in [3.63, 3.8) is 0 Å². The van der Waals surface area contributed by atoms with Crippen molar-refractivity contribution in [1.82, 2.24) is 0 Å². The highest BCUT2D eigenvalue weighted by atomic mass is 79.9. The number of piperidine rings is 1. The third-order valence-electron chi connectivity index (χ3n) is 4.02. The maximum Gasteiger partial charge on any atom is 0.140 e. The van der Waals surface area contributed by atoms with E-state index in [2.05, 4.69) is 13.0 Å². The Morgan fingerprint density at radius 3 is 2.29 bits per heavy atom. The van der Waals surface area contributed by atoms with E-state index in [0.29, 0.717) is 12.1 Å². The molecular weight excluding hydrogens is 242 g/mol. The summed E-state index contributed by atoms with van der Waals surface area (Å²) >= 11 is 0. The van der Waals surface area contributed by atoms with Crippen LogP contribution in [-0.2, 0) is 0 Å². The van der Waals surface area contributed by atoms with E-state index in [9.17, 15) is 5.11 Å². The summed E-state index contributed by atoms with van der Waals surface area (Å²) in [5.41, 5.74) is 0. The maximum absolute atomic E-state index is 9.63. The summed E-state index contributed by atoms with van der Waals surface area (Å²) in [7, 11) is 2.26. The third-order valence-corrected chi connectivity index (χ3v) is 4.02. The number of hydrogen-bond donors (Lipinski definition) is 1. The van der Waals surface area contributed by atoms with Gasteiger partial charge in [0.25, 0.3) is 0 Å². The number of halogens is 1. The summed E-state index contributed by atoms with van der Waals surface area (Å²) in [6.45, 7) is 0.835. The van der Waals surface area contributed by atoms with Gasteiger partial charge in [-0.1, -0.05) is 0 Å². The predicted molar refractivity (Wildman–Crippen MR) is 51.9 cm³/mol. The van der Waals surface area contributed by atoms with Gasteiger partial charge in [-0.3, -0.25) is 0 Å². The number of nitrogens with zero attached hydrogens (tertiary/aromatic N) is 1. The molecule has 0 aromatic rings. The second-order valence-electron chi connectivity index (χ2n) is 4.72. The van der Waals surface area contributed by atoms with Crippen molar-refractivity contribution >= 4 is 0 Å². The van der Waals surface area contributed by atoms with Crippen molar-refractivity contribution in [2.45, 2.75) is 43.9 Å². The summed E-state index contributed by atoms with van der Waals surface area (Å²) in [4.78, 5) is 0. The molecule has 1 N–H and O–H groups in total. The molecule has 3 heteroatoms. The Morgan fingerprint density at radius 1 is 1.36 bits per heavy atom. The number of aliphatic hydroxyl groups is 1. The lowest BCUT2D eigenvalue weighted by Crippen LogP contribution is -3.00. The van der Waals surface area contributed by atoms with Crippen molar-refractivity contribution in [2.24, 2.45) is 0 Å². The van der Waals surface area contributed by atoms with Gasteiger partial charge in [0.2, 0.25) is 0 Å². The Hall–Kier alpha value is -0.0400. The zero-order valence-corrected chi connectivity index (χ0v) is 10.2. The number of terminal acetylenes is 1. The first kappa shape index (κ1) is 12.0. The second kappa shape index (κ2) is 4.22. The molecule has 0 amide bonds. The Balaban J connectivity index is 0.000000980. The largest absolute Gasteiger partial charge is 1.00 e. The first-order valence-corrected chi connectivity index (χ1v) is 5.13. The Bertz CT molecular complexity index is 234. The van der Waals surface area contributed by atoms with Crippen molar-refractivity contribution in [3.8, 4) is 12.3 Å². The quantitative estimate of drug-likeness (QED) is 0.417. The van der Waals surface area contributed by atoms with Gasteiger partial charge >= 0.3 is 0 Å². The SMILES string of the molecule is C#CC[N+]1(C)C2CCC1CC(O)C2.[Br-]. The lowest BCUT2D eigenvalue weighted by atomic mass is 9.97. The summed E-state index contributed by atoms with van der Waals surface area (Å²) < 4.78 is 1.02. The topological polar surface area (TPSA) is 20.2 Å². The summed E-state index contributed by atoms with van der Waals surface area (Å²) in [5, 5.41) is 9.63. The molecule has 2 aliphatic rings. The van der Waals surface area contributed by atoms with E-state index in [-0.39, 0.29) is 23.1 Å². The molecule has 2 rings (SSSR count). The minimum Gasteiger partial charge on any atom is -1.00 e. The standard InChI is InChI=1S/C11H18NO.BrH/c1-3-6-12(2)9-4-5-10(12)8-11(13)7-9;/h1,9-11,13H,4-8H2,2H3;1H/q+1;/p-1. The highest BCUT2D eigenvalue weighted by Gasteiger charge is 2.50. The van der Waals surface area contributed by atoms with Crippen LogP contribution in [0.25, 0.3) is 0 Å². The average Bonchev–Trinajstić information content (AvgIpc) is 2.31. The van der Waals surface area contributed by atoms with Crippen LogP contribution in [0.1, 0.15) is 25.7 Å². The van der Waals surface area contributed by atoms with Gasteiger partial charge in [-0.05, 0) is 5.92 Å². The summed E-state index contributed by atoms with van der Waals surface area (Å²) in [6.07, 6.45) is 9.74. The molecule has 0 aromatic heterocycles. The van der Waals surface area contributed by atoms with E-state index in [1.165, 1.54) is 12.8 Å². The van der Waals surface area contributed by atoms with E-state index >= 15 is 0 Å². The first-order valence-electron chi connectivity index (χ1n) is 5.13. The molecule has 2 heterocycles. The van der Waals surface area contributed by atoms with Gasteiger partial charge in [0.05, 0.1) is 25.2 Å². The smallest absolute Gasteiger partial charge is 0.140 e. The van der Waals surface area contributed by atoms with Gasteiger partial charge in [-0.25, -0.2) is 0 Å². The van der Waals surface area contributed by atoms with Crippen LogP contribution in [0, 0.1) is 12.3 Å². The minimum absolute atomic E-state index is 0. The van der Waals surface area contributed by atoms with Crippen LogP contribution in [0.2, 0.25) is 0 Å². The van der Waals surface area contributed by atoms with Crippen molar-refractivity contribution in [1.29, 1.82) is 0 Å². The van der Waals surface area contributed by atoms with E-state index < -0.39 is 0 Å². The molecule has 2 fully saturated rings. The van der Waals surface area contributed by atoms with E-state index in [4.69, 9.17) is 6.42 Å². The predicted octanol–water partition coefficient (Wildman–Crippen LogP) is -2.24. The Kier molecular flexibility index (Phi) is 3.63. The highest BCUT2D eigenvalue weighted by Crippen LogP contribution is 2.40. The zero-order valence-electron chi connectivity index (χ0n) is 8.62. The fourth-order valence-corrected chi connectivity index (χ4v) is 3.17. The Morgan fingerprint density at radius 2 is 1.86 bits per heavy atom. The number of hydrogen-bond acceptors (Lipinski definition) is 1. The van der Waals surface area contributed by atoms with Crippen molar-refractivity contribution in [3.05, 3.63) is 0 Å². The minimum atomic E-state index is -0.0681. The molecule has 2 atom stereocenters. The summed E-state index contributed by atoms with van der Waals surface area (Å²) in [5.74, 6) is 2.78. The molecule has 0 saturated carbocycles. The van der Waals surface area contributed by atoms with Gasteiger partial charge in [0.1, 0.15) is 6.54 Å². The highest BCUT2D eigenvalue weighted by molar-refractivity contribution is 4.91.